The normalized spacial score (nSPS) is 14.5. The summed E-state index contributed by atoms with van der Waals surface area (Å²) < 4.78 is 31.9. The number of rotatable bonds is 22. The van der Waals surface area contributed by atoms with Crippen molar-refractivity contribution in [2.24, 2.45) is 0 Å². The van der Waals surface area contributed by atoms with Gasteiger partial charge in [-0.25, -0.2) is 0 Å². The SMILES string of the molecule is CCC/C=C\C/C=C\CCCCCCCC(=O)NC(CS(=O)(=O)O)C(O)/C=C/CC/C=C/CCC. The zero-order chi connectivity index (χ0) is 26.2. The maximum Gasteiger partial charge on any atom is 0.267 e. The summed E-state index contributed by atoms with van der Waals surface area (Å²) in [5, 5.41) is 12.9. The summed E-state index contributed by atoms with van der Waals surface area (Å²) in [5.74, 6) is -1.03. The predicted octanol–water partition coefficient (Wildman–Crippen LogP) is 6.45. The molecule has 2 atom stereocenters. The van der Waals surface area contributed by atoms with E-state index >= 15 is 0 Å². The molecule has 3 N–H and O–H groups in total. The lowest BCUT2D eigenvalue weighted by Gasteiger charge is -2.21. The van der Waals surface area contributed by atoms with Gasteiger partial charge in [-0.3, -0.25) is 9.35 Å². The van der Waals surface area contributed by atoms with Crippen molar-refractivity contribution in [3.8, 4) is 0 Å². The van der Waals surface area contributed by atoms with Gasteiger partial charge in [0.25, 0.3) is 10.1 Å². The second-order valence-corrected chi connectivity index (χ2v) is 10.4. The average molecular weight is 512 g/mol. The van der Waals surface area contributed by atoms with Crippen LogP contribution < -0.4 is 5.32 Å². The van der Waals surface area contributed by atoms with E-state index in [0.717, 1.165) is 64.2 Å². The van der Waals surface area contributed by atoms with Crippen LogP contribution in [0, 0.1) is 0 Å². The Morgan fingerprint density at radius 1 is 0.771 bits per heavy atom. The second-order valence-electron chi connectivity index (χ2n) is 8.95. The Kier molecular flexibility index (Phi) is 21.6. The number of carbonyl (C=O) groups is 1. The van der Waals surface area contributed by atoms with Crippen molar-refractivity contribution < 1.29 is 22.9 Å². The number of unbranched alkanes of at least 4 members (excludes halogenated alkanes) is 8. The molecule has 0 heterocycles. The number of hydrogen-bond donors (Lipinski definition) is 3. The van der Waals surface area contributed by atoms with Crippen molar-refractivity contribution in [3.63, 3.8) is 0 Å². The van der Waals surface area contributed by atoms with Gasteiger partial charge in [-0.2, -0.15) is 8.42 Å². The number of nitrogens with one attached hydrogen (secondary N) is 1. The van der Waals surface area contributed by atoms with Crippen molar-refractivity contribution in [1.29, 1.82) is 0 Å². The highest BCUT2D eigenvalue weighted by Crippen LogP contribution is 2.09. The molecule has 0 saturated carbocycles. The summed E-state index contributed by atoms with van der Waals surface area (Å²) in [6, 6.07) is -1.08. The number of allylic oxidation sites excluding steroid dienone is 7. The largest absolute Gasteiger partial charge is 0.387 e. The molecule has 0 aliphatic heterocycles. The number of aliphatic hydroxyl groups excluding tert-OH is 1. The molecule has 0 radical (unpaired) electrons. The number of hydrogen-bond acceptors (Lipinski definition) is 4. The van der Waals surface area contributed by atoms with Gasteiger partial charge in [-0.05, 0) is 51.4 Å². The molecule has 0 aliphatic carbocycles. The van der Waals surface area contributed by atoms with Crippen LogP contribution in [0.1, 0.15) is 104 Å². The summed E-state index contributed by atoms with van der Waals surface area (Å²) in [7, 11) is -4.34. The first-order chi connectivity index (χ1) is 16.8. The summed E-state index contributed by atoms with van der Waals surface area (Å²) in [5.41, 5.74) is 0. The van der Waals surface area contributed by atoms with Gasteiger partial charge in [-0.1, -0.05) is 94.6 Å². The zero-order valence-electron chi connectivity index (χ0n) is 21.9. The second kappa shape index (κ2) is 22.7. The van der Waals surface area contributed by atoms with Crippen LogP contribution in [0.25, 0.3) is 0 Å². The maximum absolute atomic E-state index is 12.3. The Bertz CT molecular complexity index is 740. The van der Waals surface area contributed by atoms with E-state index in [1.165, 1.54) is 12.5 Å². The number of amides is 1. The molecule has 7 heteroatoms. The van der Waals surface area contributed by atoms with E-state index < -0.39 is 28.0 Å². The molecule has 0 aromatic heterocycles. The van der Waals surface area contributed by atoms with Crippen molar-refractivity contribution in [2.75, 3.05) is 5.75 Å². The van der Waals surface area contributed by atoms with E-state index in [4.69, 9.17) is 0 Å². The van der Waals surface area contributed by atoms with E-state index in [1.54, 1.807) is 6.08 Å². The molecule has 0 bridgehead atoms. The van der Waals surface area contributed by atoms with E-state index in [1.807, 2.05) is 0 Å². The van der Waals surface area contributed by atoms with E-state index in [0.29, 0.717) is 12.8 Å². The first kappa shape index (κ1) is 33.3. The van der Waals surface area contributed by atoms with Crippen LogP contribution in [0.15, 0.2) is 48.6 Å². The molecular formula is C28H49NO5S. The van der Waals surface area contributed by atoms with Gasteiger partial charge in [-0.15, -0.1) is 0 Å². The highest BCUT2D eigenvalue weighted by atomic mass is 32.2. The molecule has 0 fully saturated rings. The molecular weight excluding hydrogens is 462 g/mol. The molecule has 2 unspecified atom stereocenters. The molecule has 0 saturated heterocycles. The molecule has 0 aliphatic rings. The van der Waals surface area contributed by atoms with Gasteiger partial charge in [0, 0.05) is 6.42 Å². The first-order valence-corrected chi connectivity index (χ1v) is 14.9. The van der Waals surface area contributed by atoms with E-state index in [-0.39, 0.29) is 12.3 Å². The Hall–Kier alpha value is -1.70. The fourth-order valence-corrected chi connectivity index (χ4v) is 4.18. The lowest BCUT2D eigenvalue weighted by atomic mass is 10.1. The topological polar surface area (TPSA) is 104 Å². The highest BCUT2D eigenvalue weighted by Gasteiger charge is 2.24. The smallest absolute Gasteiger partial charge is 0.267 e. The number of carbonyl (C=O) groups excluding carboxylic acids is 1. The van der Waals surface area contributed by atoms with Crippen LogP contribution >= 0.6 is 0 Å². The Balaban J connectivity index is 4.19. The summed E-state index contributed by atoms with van der Waals surface area (Å²) in [6.07, 6.45) is 28.3. The summed E-state index contributed by atoms with van der Waals surface area (Å²) in [6.45, 7) is 4.28. The zero-order valence-corrected chi connectivity index (χ0v) is 22.7. The van der Waals surface area contributed by atoms with Gasteiger partial charge in [0.05, 0.1) is 17.9 Å². The van der Waals surface area contributed by atoms with Gasteiger partial charge in [0.15, 0.2) is 0 Å². The Morgan fingerprint density at radius 3 is 1.97 bits per heavy atom. The minimum atomic E-state index is -4.34. The van der Waals surface area contributed by atoms with E-state index in [2.05, 4.69) is 55.6 Å². The van der Waals surface area contributed by atoms with Crippen LogP contribution in [0.3, 0.4) is 0 Å². The van der Waals surface area contributed by atoms with Crippen LogP contribution in [0.2, 0.25) is 0 Å². The van der Waals surface area contributed by atoms with Crippen molar-refractivity contribution >= 4 is 16.0 Å². The van der Waals surface area contributed by atoms with Crippen molar-refractivity contribution in [2.45, 2.75) is 116 Å². The quantitative estimate of drug-likeness (QED) is 0.0881. The molecule has 1 amide bonds. The Morgan fingerprint density at radius 2 is 1.31 bits per heavy atom. The highest BCUT2D eigenvalue weighted by molar-refractivity contribution is 7.85. The third kappa shape index (κ3) is 23.8. The minimum Gasteiger partial charge on any atom is -0.387 e. The van der Waals surface area contributed by atoms with Crippen LogP contribution in [-0.4, -0.2) is 41.9 Å². The summed E-state index contributed by atoms with van der Waals surface area (Å²) >= 11 is 0. The van der Waals surface area contributed by atoms with E-state index in [9.17, 15) is 22.9 Å². The Labute approximate surface area is 214 Å². The first-order valence-electron chi connectivity index (χ1n) is 13.3. The summed E-state index contributed by atoms with van der Waals surface area (Å²) in [4.78, 5) is 12.3. The van der Waals surface area contributed by atoms with Gasteiger partial charge in [0.2, 0.25) is 5.91 Å². The van der Waals surface area contributed by atoms with Crippen LogP contribution in [0.4, 0.5) is 0 Å². The molecule has 0 aromatic carbocycles. The molecule has 202 valence electrons. The minimum absolute atomic E-state index is 0.268. The lowest BCUT2D eigenvalue weighted by molar-refractivity contribution is -0.122. The average Bonchev–Trinajstić information content (AvgIpc) is 2.80. The standard InChI is InChI=1S/C28H49NO5S/c1-3-5-7-9-11-12-13-14-15-16-18-20-22-24-28(31)29-26(25-35(32,33)34)27(30)23-21-19-17-10-8-6-4-2/h7-10,12-13,21,23,26-27,30H,3-6,11,14-20,22,24-25H2,1-2H3,(H,29,31)(H,32,33,34)/b9-7-,10-8+,13-12-,23-21+. The third-order valence-corrected chi connectivity index (χ3v) is 6.22. The van der Waals surface area contributed by atoms with Crippen molar-refractivity contribution in [1.82, 2.24) is 5.32 Å². The van der Waals surface area contributed by atoms with Crippen LogP contribution in [0.5, 0.6) is 0 Å². The fourth-order valence-electron chi connectivity index (χ4n) is 3.45. The fraction of sp³-hybridized carbons (Fsp3) is 0.679. The molecule has 0 rings (SSSR count). The lowest BCUT2D eigenvalue weighted by Crippen LogP contribution is -2.46. The van der Waals surface area contributed by atoms with Gasteiger partial charge in [0.1, 0.15) is 0 Å². The molecule has 0 spiro atoms. The molecule has 6 nitrogen and oxygen atoms in total. The molecule has 0 aromatic rings. The third-order valence-electron chi connectivity index (χ3n) is 5.44. The van der Waals surface area contributed by atoms with Gasteiger partial charge >= 0.3 is 0 Å². The van der Waals surface area contributed by atoms with Crippen LogP contribution in [-0.2, 0) is 14.9 Å². The predicted molar refractivity (Wildman–Crippen MR) is 147 cm³/mol. The van der Waals surface area contributed by atoms with Gasteiger partial charge < -0.3 is 10.4 Å². The monoisotopic (exact) mass is 511 g/mol. The molecule has 35 heavy (non-hydrogen) atoms. The maximum atomic E-state index is 12.3. The van der Waals surface area contributed by atoms with Crippen molar-refractivity contribution in [3.05, 3.63) is 48.6 Å². The number of aliphatic hydroxyl groups is 1.